The Bertz CT molecular complexity index is 888. The fourth-order valence-electron chi connectivity index (χ4n) is 3.34. The number of anilines is 1. The molecule has 2 amide bonds. The zero-order valence-corrected chi connectivity index (χ0v) is 19.7. The number of hydrogen-bond acceptors (Lipinski definition) is 8. The van der Waals surface area contributed by atoms with E-state index in [1.165, 1.54) is 18.9 Å². The molecule has 0 saturated carbocycles. The van der Waals surface area contributed by atoms with Crippen LogP contribution in [0.3, 0.4) is 0 Å². The lowest BCUT2D eigenvalue weighted by molar-refractivity contribution is -0.143. The molecule has 0 bridgehead atoms. The molecular formula is C23H30N4O5S. The number of benzene rings is 1. The van der Waals surface area contributed by atoms with Crippen molar-refractivity contribution in [3.05, 3.63) is 36.9 Å². The zero-order valence-electron chi connectivity index (χ0n) is 18.9. The van der Waals surface area contributed by atoms with Crippen LogP contribution in [0.1, 0.15) is 19.8 Å². The van der Waals surface area contributed by atoms with Crippen molar-refractivity contribution in [3.8, 4) is 11.8 Å². The number of thioether (sulfide) groups is 1. The number of methoxy groups -OCH3 is 1. The second-order valence-corrected chi connectivity index (χ2v) is 8.65. The Morgan fingerprint density at radius 2 is 2.21 bits per heavy atom. The molecular weight excluding hydrogens is 444 g/mol. The predicted molar refractivity (Wildman–Crippen MR) is 127 cm³/mol. The first-order valence-corrected chi connectivity index (χ1v) is 11.6. The lowest BCUT2D eigenvalue weighted by Crippen LogP contribution is -2.38. The summed E-state index contributed by atoms with van der Waals surface area (Å²) in [5, 5.41) is 14.9. The predicted octanol–water partition coefficient (Wildman–Crippen LogP) is 2.16. The fourth-order valence-corrected chi connectivity index (χ4v) is 4.93. The van der Waals surface area contributed by atoms with Gasteiger partial charge >= 0.3 is 5.97 Å². The number of esters is 1. The molecule has 0 radical (unpaired) electrons. The van der Waals surface area contributed by atoms with Crippen LogP contribution in [0, 0.1) is 17.2 Å². The third-order valence-corrected chi connectivity index (χ3v) is 6.58. The quantitative estimate of drug-likeness (QED) is 0.330. The maximum atomic E-state index is 12.8. The lowest BCUT2D eigenvalue weighted by Gasteiger charge is -2.23. The van der Waals surface area contributed by atoms with Crippen molar-refractivity contribution in [1.82, 2.24) is 10.2 Å². The second-order valence-electron chi connectivity index (χ2n) is 7.26. The number of ether oxygens (including phenoxy) is 2. The highest BCUT2D eigenvalue weighted by Crippen LogP contribution is 2.37. The molecule has 0 aromatic heterocycles. The summed E-state index contributed by atoms with van der Waals surface area (Å²) >= 11 is 1.50. The molecule has 1 aliphatic rings. The van der Waals surface area contributed by atoms with Crippen molar-refractivity contribution in [3.63, 3.8) is 0 Å². The molecule has 1 heterocycles. The molecule has 0 spiro atoms. The Balaban J connectivity index is 1.89. The number of nitrogens with zero attached hydrogens (tertiary/aromatic N) is 2. The van der Waals surface area contributed by atoms with Gasteiger partial charge in [-0.2, -0.15) is 5.26 Å². The maximum Gasteiger partial charge on any atom is 0.343 e. The van der Waals surface area contributed by atoms with Gasteiger partial charge in [0.15, 0.2) is 6.61 Å². The highest BCUT2D eigenvalue weighted by molar-refractivity contribution is 8.01. The summed E-state index contributed by atoms with van der Waals surface area (Å²) in [6, 6.07) is 9.24. The highest BCUT2D eigenvalue weighted by Gasteiger charge is 2.40. The van der Waals surface area contributed by atoms with Crippen LogP contribution in [-0.4, -0.2) is 66.7 Å². The van der Waals surface area contributed by atoms with E-state index in [9.17, 15) is 19.6 Å². The van der Waals surface area contributed by atoms with Crippen LogP contribution in [-0.2, 0) is 19.1 Å². The van der Waals surface area contributed by atoms with Gasteiger partial charge in [-0.1, -0.05) is 12.1 Å². The number of carbonyl (C=O) groups is 3. The Morgan fingerprint density at radius 1 is 1.42 bits per heavy atom. The SMILES string of the molecule is C=CCNC(=O)C(C#N)CC1SC(CCNc2cccc(OCC(=O)OC)c2)C(=O)N1CC. The van der Waals surface area contributed by atoms with Gasteiger partial charge in [0.05, 0.1) is 23.8 Å². The molecule has 33 heavy (non-hydrogen) atoms. The number of carbonyl (C=O) groups excluding carboxylic acids is 3. The van der Waals surface area contributed by atoms with Crippen molar-refractivity contribution in [1.29, 1.82) is 5.26 Å². The summed E-state index contributed by atoms with van der Waals surface area (Å²) in [6.07, 6.45) is 2.43. The molecule has 3 unspecified atom stereocenters. The zero-order chi connectivity index (χ0) is 24.2. The lowest BCUT2D eigenvalue weighted by atomic mass is 10.1. The molecule has 1 aromatic rings. The fraction of sp³-hybridized carbons (Fsp3) is 0.478. The van der Waals surface area contributed by atoms with Crippen LogP contribution in [0.15, 0.2) is 36.9 Å². The van der Waals surface area contributed by atoms with Gasteiger partial charge in [-0.3, -0.25) is 9.59 Å². The number of hydrogen-bond donors (Lipinski definition) is 2. The monoisotopic (exact) mass is 474 g/mol. The minimum absolute atomic E-state index is 0.0210. The van der Waals surface area contributed by atoms with Crippen LogP contribution < -0.4 is 15.4 Å². The Morgan fingerprint density at radius 3 is 2.88 bits per heavy atom. The summed E-state index contributed by atoms with van der Waals surface area (Å²) in [6.45, 7) is 6.65. The van der Waals surface area contributed by atoms with Crippen molar-refractivity contribution < 1.29 is 23.9 Å². The van der Waals surface area contributed by atoms with Gasteiger partial charge in [-0.15, -0.1) is 18.3 Å². The average molecular weight is 475 g/mol. The second kappa shape index (κ2) is 13.4. The van der Waals surface area contributed by atoms with Crippen molar-refractivity contribution >= 4 is 35.2 Å². The summed E-state index contributed by atoms with van der Waals surface area (Å²) in [5.74, 6) is -1.08. The van der Waals surface area contributed by atoms with Crippen LogP contribution in [0.2, 0.25) is 0 Å². The van der Waals surface area contributed by atoms with E-state index in [1.54, 1.807) is 29.2 Å². The molecule has 9 nitrogen and oxygen atoms in total. The van der Waals surface area contributed by atoms with E-state index in [1.807, 2.05) is 13.0 Å². The minimum Gasteiger partial charge on any atom is -0.482 e. The van der Waals surface area contributed by atoms with E-state index in [-0.39, 0.29) is 35.5 Å². The van der Waals surface area contributed by atoms with Gasteiger partial charge in [0.25, 0.3) is 0 Å². The third-order valence-electron chi connectivity index (χ3n) is 5.05. The normalized spacial score (nSPS) is 18.2. The average Bonchev–Trinajstić information content (AvgIpc) is 3.13. The standard InChI is InChI=1S/C23H30N4O5S/c1-4-10-26-22(29)16(14-24)12-20-27(5-2)23(30)19(33-20)9-11-25-17-7-6-8-18(13-17)32-15-21(28)31-3/h4,6-8,13,16,19-20,25H,1,5,9-12,15H2,2-3H3,(H,26,29). The summed E-state index contributed by atoms with van der Waals surface area (Å²) in [4.78, 5) is 38.0. The largest absolute Gasteiger partial charge is 0.482 e. The highest BCUT2D eigenvalue weighted by atomic mass is 32.2. The first kappa shape index (κ1) is 26.1. The summed E-state index contributed by atoms with van der Waals surface area (Å²) < 4.78 is 9.95. The number of nitriles is 1. The molecule has 2 N–H and O–H groups in total. The third kappa shape index (κ3) is 7.71. The van der Waals surface area contributed by atoms with Gasteiger partial charge in [-0.25, -0.2) is 4.79 Å². The van der Waals surface area contributed by atoms with E-state index in [4.69, 9.17) is 4.74 Å². The first-order chi connectivity index (χ1) is 15.9. The van der Waals surface area contributed by atoms with Gasteiger partial charge in [0.1, 0.15) is 11.7 Å². The maximum absolute atomic E-state index is 12.8. The summed E-state index contributed by atoms with van der Waals surface area (Å²) in [7, 11) is 1.30. The molecule has 1 saturated heterocycles. The minimum atomic E-state index is -0.825. The number of nitrogens with one attached hydrogen (secondary N) is 2. The van der Waals surface area contributed by atoms with Gasteiger partial charge in [-0.05, 0) is 25.5 Å². The van der Waals surface area contributed by atoms with Crippen molar-refractivity contribution in [2.75, 3.05) is 38.7 Å². The first-order valence-electron chi connectivity index (χ1n) is 10.7. The van der Waals surface area contributed by atoms with Crippen LogP contribution in [0.25, 0.3) is 0 Å². The Kier molecular flexibility index (Phi) is 10.6. The molecule has 2 rings (SSSR count). The Hall–Kier alpha value is -3.19. The van der Waals surface area contributed by atoms with Crippen LogP contribution >= 0.6 is 11.8 Å². The van der Waals surface area contributed by atoms with E-state index in [0.29, 0.717) is 31.8 Å². The smallest absolute Gasteiger partial charge is 0.343 e. The number of amides is 2. The van der Waals surface area contributed by atoms with E-state index in [0.717, 1.165) is 5.69 Å². The topological polar surface area (TPSA) is 121 Å². The van der Waals surface area contributed by atoms with Gasteiger partial charge < -0.3 is 25.0 Å². The van der Waals surface area contributed by atoms with Gasteiger partial charge in [0, 0.05) is 37.8 Å². The number of rotatable bonds is 13. The molecule has 0 aliphatic carbocycles. The molecule has 3 atom stereocenters. The van der Waals surface area contributed by atoms with Crippen LogP contribution in [0.5, 0.6) is 5.75 Å². The van der Waals surface area contributed by atoms with E-state index < -0.39 is 11.9 Å². The molecule has 1 fully saturated rings. The van der Waals surface area contributed by atoms with Crippen LogP contribution in [0.4, 0.5) is 5.69 Å². The van der Waals surface area contributed by atoms with Crippen molar-refractivity contribution in [2.45, 2.75) is 30.4 Å². The van der Waals surface area contributed by atoms with Gasteiger partial charge in [0.2, 0.25) is 11.8 Å². The molecule has 10 heteroatoms. The van der Waals surface area contributed by atoms with E-state index in [2.05, 4.69) is 28.0 Å². The molecule has 1 aliphatic heterocycles. The van der Waals surface area contributed by atoms with E-state index >= 15 is 0 Å². The molecule has 1 aromatic carbocycles. The Labute approximate surface area is 198 Å². The molecule has 178 valence electrons. The van der Waals surface area contributed by atoms with Crippen molar-refractivity contribution in [2.24, 2.45) is 5.92 Å². The summed E-state index contributed by atoms with van der Waals surface area (Å²) in [5.41, 5.74) is 0.806.